The van der Waals surface area contributed by atoms with Crippen molar-refractivity contribution in [1.29, 1.82) is 0 Å². The smallest absolute Gasteiger partial charge is 0.333 e. The van der Waals surface area contributed by atoms with E-state index in [4.69, 9.17) is 9.47 Å². The molecule has 1 aliphatic rings. The Kier molecular flexibility index (Phi) is 4.22. The second-order valence-electron chi connectivity index (χ2n) is 4.56. The van der Waals surface area contributed by atoms with E-state index < -0.39 is 30.0 Å². The lowest BCUT2D eigenvalue weighted by Gasteiger charge is -2.19. The minimum Gasteiger partial charge on any atom is -0.496 e. The molecule has 3 atom stereocenters. The fraction of sp³-hybridized carbons (Fsp3) is 0.429. The van der Waals surface area contributed by atoms with E-state index in [-0.39, 0.29) is 6.42 Å². The van der Waals surface area contributed by atoms with Crippen LogP contribution in [0.5, 0.6) is 5.75 Å². The van der Waals surface area contributed by atoms with E-state index in [0.29, 0.717) is 11.3 Å². The number of alkyl halides is 1. The van der Waals surface area contributed by atoms with Crippen molar-refractivity contribution in [2.75, 3.05) is 14.2 Å². The largest absolute Gasteiger partial charge is 0.496 e. The summed E-state index contributed by atoms with van der Waals surface area (Å²) in [5.74, 6) is -1.33. The number of methoxy groups -OCH3 is 2. The maximum Gasteiger partial charge on any atom is 0.333 e. The van der Waals surface area contributed by atoms with Gasteiger partial charge in [0, 0.05) is 5.56 Å². The summed E-state index contributed by atoms with van der Waals surface area (Å²) in [6.07, 6.45) is -0.919. The van der Waals surface area contributed by atoms with Gasteiger partial charge in [0.1, 0.15) is 11.9 Å². The summed E-state index contributed by atoms with van der Waals surface area (Å²) >= 11 is 0. The Morgan fingerprint density at radius 1 is 1.35 bits per heavy atom. The lowest BCUT2D eigenvalue weighted by Crippen LogP contribution is -2.36. The second-order valence-corrected chi connectivity index (χ2v) is 4.56. The number of benzene rings is 1. The lowest BCUT2D eigenvalue weighted by atomic mass is 10.1. The average molecular weight is 281 g/mol. The maximum atomic E-state index is 12.9. The molecule has 1 fully saturated rings. The Labute approximate surface area is 116 Å². The number of esters is 1. The van der Waals surface area contributed by atoms with Crippen LogP contribution in [0.25, 0.3) is 0 Å². The van der Waals surface area contributed by atoms with Crippen LogP contribution in [-0.2, 0) is 14.3 Å². The minimum atomic E-state index is -1.12. The highest BCUT2D eigenvalue weighted by molar-refractivity contribution is 5.88. The monoisotopic (exact) mass is 281 g/mol. The van der Waals surface area contributed by atoms with E-state index in [9.17, 15) is 14.0 Å². The maximum absolute atomic E-state index is 12.9. The van der Waals surface area contributed by atoms with Gasteiger partial charge < -0.3 is 14.8 Å². The zero-order valence-electron chi connectivity index (χ0n) is 11.3. The van der Waals surface area contributed by atoms with Crippen LogP contribution in [0.2, 0.25) is 0 Å². The van der Waals surface area contributed by atoms with Gasteiger partial charge in [-0.25, -0.2) is 9.18 Å². The third-order valence-electron chi connectivity index (χ3n) is 3.22. The molecule has 0 heterocycles. The van der Waals surface area contributed by atoms with Gasteiger partial charge in [-0.3, -0.25) is 4.79 Å². The van der Waals surface area contributed by atoms with Crippen LogP contribution >= 0.6 is 0 Å². The van der Waals surface area contributed by atoms with Crippen LogP contribution in [0.15, 0.2) is 24.3 Å². The fourth-order valence-electron chi connectivity index (χ4n) is 1.97. The van der Waals surface area contributed by atoms with Crippen molar-refractivity contribution in [2.24, 2.45) is 5.92 Å². The molecule has 0 bridgehead atoms. The highest BCUT2D eigenvalue weighted by Gasteiger charge is 2.45. The minimum absolute atomic E-state index is 0.200. The highest BCUT2D eigenvalue weighted by Crippen LogP contribution is 2.35. The summed E-state index contributed by atoms with van der Waals surface area (Å²) in [6, 6.07) is 5.79. The summed E-state index contributed by atoms with van der Waals surface area (Å²) in [6.45, 7) is 0. The molecule has 2 rings (SSSR count). The SMILES string of the molecule is COC(=O)C(NC(=O)[C@@H]1C[C@@H]1F)c1ccccc1OC. The van der Waals surface area contributed by atoms with E-state index in [2.05, 4.69) is 5.32 Å². The van der Waals surface area contributed by atoms with Crippen LogP contribution in [0.1, 0.15) is 18.0 Å². The second kappa shape index (κ2) is 5.90. The average Bonchev–Trinajstić information content (AvgIpc) is 3.21. The number of nitrogens with one attached hydrogen (secondary N) is 1. The van der Waals surface area contributed by atoms with Gasteiger partial charge in [-0.05, 0) is 12.5 Å². The number of carbonyl (C=O) groups is 2. The van der Waals surface area contributed by atoms with Crippen LogP contribution in [0.3, 0.4) is 0 Å². The molecule has 1 N–H and O–H groups in total. The first-order valence-corrected chi connectivity index (χ1v) is 6.23. The molecule has 0 radical (unpaired) electrons. The molecule has 0 aliphatic heterocycles. The molecule has 1 unspecified atom stereocenters. The van der Waals surface area contributed by atoms with Gasteiger partial charge in [0.2, 0.25) is 5.91 Å². The zero-order chi connectivity index (χ0) is 14.7. The van der Waals surface area contributed by atoms with Gasteiger partial charge >= 0.3 is 5.97 Å². The molecule has 20 heavy (non-hydrogen) atoms. The predicted molar refractivity (Wildman–Crippen MR) is 68.9 cm³/mol. The third kappa shape index (κ3) is 2.89. The quantitative estimate of drug-likeness (QED) is 0.828. The molecule has 108 valence electrons. The summed E-state index contributed by atoms with van der Waals surface area (Å²) in [5, 5.41) is 2.52. The Morgan fingerprint density at radius 2 is 2.00 bits per heavy atom. The Balaban J connectivity index is 2.23. The van der Waals surface area contributed by atoms with Crippen molar-refractivity contribution >= 4 is 11.9 Å². The summed E-state index contributed by atoms with van der Waals surface area (Å²) in [7, 11) is 2.69. The topological polar surface area (TPSA) is 64.6 Å². The molecule has 0 saturated heterocycles. The summed E-state index contributed by atoms with van der Waals surface area (Å²) in [4.78, 5) is 23.7. The van der Waals surface area contributed by atoms with Gasteiger partial charge in [0.05, 0.1) is 20.1 Å². The van der Waals surface area contributed by atoms with E-state index in [1.807, 2.05) is 0 Å². The van der Waals surface area contributed by atoms with E-state index in [1.54, 1.807) is 24.3 Å². The Morgan fingerprint density at radius 3 is 2.55 bits per heavy atom. The van der Waals surface area contributed by atoms with Crippen molar-refractivity contribution in [3.63, 3.8) is 0 Å². The number of hydrogen-bond acceptors (Lipinski definition) is 4. The van der Waals surface area contributed by atoms with Crippen LogP contribution in [0, 0.1) is 5.92 Å². The summed E-state index contributed by atoms with van der Waals surface area (Å²) in [5.41, 5.74) is 0.478. The number of para-hydroxylation sites is 1. The van der Waals surface area contributed by atoms with E-state index >= 15 is 0 Å². The molecular weight excluding hydrogens is 265 g/mol. The molecule has 6 heteroatoms. The van der Waals surface area contributed by atoms with Gasteiger partial charge in [-0.15, -0.1) is 0 Å². The molecule has 1 aromatic carbocycles. The number of amides is 1. The van der Waals surface area contributed by atoms with Crippen LogP contribution in [-0.4, -0.2) is 32.3 Å². The Bertz CT molecular complexity index is 520. The third-order valence-corrected chi connectivity index (χ3v) is 3.22. The van der Waals surface area contributed by atoms with Gasteiger partial charge in [-0.2, -0.15) is 0 Å². The predicted octanol–water partition coefficient (Wildman–Crippen LogP) is 1.38. The molecule has 1 aliphatic carbocycles. The molecule has 1 aromatic rings. The van der Waals surface area contributed by atoms with Crippen molar-refractivity contribution in [2.45, 2.75) is 18.6 Å². The first-order chi connectivity index (χ1) is 9.58. The normalized spacial score (nSPS) is 21.8. The van der Waals surface area contributed by atoms with E-state index in [0.717, 1.165) is 0 Å². The van der Waals surface area contributed by atoms with Crippen molar-refractivity contribution < 1.29 is 23.5 Å². The number of hydrogen-bond donors (Lipinski definition) is 1. The standard InChI is InChI=1S/C14H16FNO4/c1-19-11-6-4-3-5-8(11)12(14(18)20-2)16-13(17)9-7-10(9)15/h3-6,9-10,12H,7H2,1-2H3,(H,16,17)/t9-,10+,12?/m1/s1. The molecular formula is C14H16FNO4. The fourth-order valence-corrected chi connectivity index (χ4v) is 1.97. The molecule has 1 saturated carbocycles. The molecule has 1 amide bonds. The van der Waals surface area contributed by atoms with Gasteiger partial charge in [0.15, 0.2) is 6.04 Å². The number of halogens is 1. The van der Waals surface area contributed by atoms with Gasteiger partial charge in [-0.1, -0.05) is 18.2 Å². The number of carbonyl (C=O) groups excluding carboxylic acids is 2. The van der Waals surface area contributed by atoms with Crippen molar-refractivity contribution in [3.8, 4) is 5.75 Å². The number of ether oxygens (including phenoxy) is 2. The first-order valence-electron chi connectivity index (χ1n) is 6.23. The summed E-state index contributed by atoms with van der Waals surface area (Å²) < 4.78 is 22.8. The lowest BCUT2D eigenvalue weighted by molar-refractivity contribution is -0.145. The van der Waals surface area contributed by atoms with Crippen LogP contribution < -0.4 is 10.1 Å². The molecule has 5 nitrogen and oxygen atoms in total. The van der Waals surface area contributed by atoms with Crippen molar-refractivity contribution in [1.82, 2.24) is 5.32 Å². The van der Waals surface area contributed by atoms with Crippen molar-refractivity contribution in [3.05, 3.63) is 29.8 Å². The Hall–Kier alpha value is -2.11. The van der Waals surface area contributed by atoms with E-state index in [1.165, 1.54) is 14.2 Å². The zero-order valence-corrected chi connectivity index (χ0v) is 11.3. The van der Waals surface area contributed by atoms with Gasteiger partial charge in [0.25, 0.3) is 0 Å². The molecule has 0 spiro atoms. The number of rotatable bonds is 5. The van der Waals surface area contributed by atoms with Crippen LogP contribution in [0.4, 0.5) is 4.39 Å². The highest BCUT2D eigenvalue weighted by atomic mass is 19.1. The molecule has 0 aromatic heterocycles. The first kappa shape index (κ1) is 14.3.